The van der Waals surface area contributed by atoms with Gasteiger partial charge in [-0.15, -0.1) is 0 Å². The summed E-state index contributed by atoms with van der Waals surface area (Å²) < 4.78 is 20.0. The molecule has 1 aliphatic heterocycles. The van der Waals surface area contributed by atoms with Gasteiger partial charge in [-0.1, -0.05) is 25.1 Å². The Morgan fingerprint density at radius 1 is 1.33 bits per heavy atom. The van der Waals surface area contributed by atoms with E-state index in [1.54, 1.807) is 12.3 Å². The van der Waals surface area contributed by atoms with Crippen LogP contribution in [0.5, 0.6) is 5.75 Å². The molecule has 3 nitrogen and oxygen atoms in total. The first-order valence-corrected chi connectivity index (χ1v) is 7.38. The van der Waals surface area contributed by atoms with Gasteiger partial charge in [0.25, 0.3) is 0 Å². The molecular formula is C17H19FN2O. The number of rotatable bonds is 4. The molecule has 1 N–H and O–H groups in total. The Bertz CT molecular complexity index is 630. The maximum atomic E-state index is 14.1. The fourth-order valence-corrected chi connectivity index (χ4v) is 2.85. The van der Waals surface area contributed by atoms with Crippen LogP contribution in [0.2, 0.25) is 0 Å². The largest absolute Gasteiger partial charge is 0.493 e. The van der Waals surface area contributed by atoms with E-state index < -0.39 is 0 Å². The summed E-state index contributed by atoms with van der Waals surface area (Å²) in [5.41, 5.74) is 2.81. The quantitative estimate of drug-likeness (QED) is 0.937. The van der Waals surface area contributed by atoms with Gasteiger partial charge in [0.2, 0.25) is 0 Å². The van der Waals surface area contributed by atoms with Crippen molar-refractivity contribution in [2.24, 2.45) is 0 Å². The van der Waals surface area contributed by atoms with Crippen molar-refractivity contribution in [3.63, 3.8) is 0 Å². The number of ether oxygens (including phenoxy) is 1. The molecule has 0 radical (unpaired) electrons. The van der Waals surface area contributed by atoms with Crippen LogP contribution in [0.1, 0.15) is 36.1 Å². The molecule has 21 heavy (non-hydrogen) atoms. The molecule has 0 bridgehead atoms. The predicted octanol–water partition coefficient (Wildman–Crippen LogP) is 3.24. The molecule has 2 heterocycles. The highest BCUT2D eigenvalue weighted by atomic mass is 19.1. The number of aromatic nitrogens is 1. The fraction of sp³-hybridized carbons (Fsp3) is 0.353. The number of hydrogen-bond donors (Lipinski definition) is 1. The van der Waals surface area contributed by atoms with Crippen molar-refractivity contribution >= 4 is 0 Å². The average molecular weight is 286 g/mol. The van der Waals surface area contributed by atoms with Gasteiger partial charge >= 0.3 is 0 Å². The summed E-state index contributed by atoms with van der Waals surface area (Å²) in [5, 5.41) is 3.36. The van der Waals surface area contributed by atoms with E-state index in [4.69, 9.17) is 4.74 Å². The van der Waals surface area contributed by atoms with Gasteiger partial charge in [0, 0.05) is 17.3 Å². The predicted molar refractivity (Wildman–Crippen MR) is 80.0 cm³/mol. The van der Waals surface area contributed by atoms with E-state index in [1.165, 1.54) is 11.8 Å². The summed E-state index contributed by atoms with van der Waals surface area (Å²) in [4.78, 5) is 3.83. The number of para-hydroxylation sites is 1. The Kier molecular flexibility index (Phi) is 4.15. The van der Waals surface area contributed by atoms with E-state index >= 15 is 0 Å². The second-order valence-electron chi connectivity index (χ2n) is 5.18. The lowest BCUT2D eigenvalue weighted by atomic mass is 9.94. The van der Waals surface area contributed by atoms with Crippen molar-refractivity contribution in [2.75, 3.05) is 13.2 Å². The molecular weight excluding hydrogens is 267 g/mol. The number of pyridine rings is 1. The Labute approximate surface area is 124 Å². The van der Waals surface area contributed by atoms with Crippen LogP contribution in [0.25, 0.3) is 0 Å². The molecule has 1 aliphatic rings. The molecule has 1 unspecified atom stereocenters. The zero-order chi connectivity index (χ0) is 14.7. The number of fused-ring (bicyclic) bond motifs is 1. The molecule has 0 amide bonds. The molecule has 2 aromatic rings. The van der Waals surface area contributed by atoms with Crippen LogP contribution in [-0.2, 0) is 6.42 Å². The van der Waals surface area contributed by atoms with E-state index in [2.05, 4.69) is 16.4 Å². The first-order valence-electron chi connectivity index (χ1n) is 7.38. The van der Waals surface area contributed by atoms with Crippen LogP contribution < -0.4 is 10.1 Å². The number of hydrogen-bond acceptors (Lipinski definition) is 3. The lowest BCUT2D eigenvalue weighted by Gasteiger charge is -2.26. The number of benzene rings is 1. The van der Waals surface area contributed by atoms with Crippen LogP contribution in [0, 0.1) is 5.82 Å². The first-order chi connectivity index (χ1) is 10.3. The Morgan fingerprint density at radius 2 is 2.24 bits per heavy atom. The molecule has 0 saturated heterocycles. The third kappa shape index (κ3) is 2.76. The summed E-state index contributed by atoms with van der Waals surface area (Å²) in [6.45, 7) is 3.49. The summed E-state index contributed by atoms with van der Waals surface area (Å²) in [5.74, 6) is 0.614. The molecule has 1 atom stereocenters. The lowest BCUT2D eigenvalue weighted by molar-refractivity contribution is 0.283. The van der Waals surface area contributed by atoms with E-state index in [1.807, 2.05) is 19.1 Å². The Balaban J connectivity index is 2.08. The van der Waals surface area contributed by atoms with Crippen molar-refractivity contribution < 1.29 is 9.13 Å². The molecule has 0 fully saturated rings. The van der Waals surface area contributed by atoms with Gasteiger partial charge in [0.1, 0.15) is 11.6 Å². The van der Waals surface area contributed by atoms with Crippen molar-refractivity contribution in [1.82, 2.24) is 10.3 Å². The lowest BCUT2D eigenvalue weighted by Crippen LogP contribution is -2.25. The van der Waals surface area contributed by atoms with Gasteiger partial charge in [-0.2, -0.15) is 0 Å². The standard InChI is InChI=1S/C17H19FN2O/c1-2-20-16(13-8-9-19-11-15(13)18)14-7-3-5-12-6-4-10-21-17(12)14/h3,5,7-9,11,16,20H,2,4,6,10H2,1H3. The normalized spacial score (nSPS) is 15.1. The monoisotopic (exact) mass is 286 g/mol. The fourth-order valence-electron chi connectivity index (χ4n) is 2.85. The highest BCUT2D eigenvalue weighted by Gasteiger charge is 2.23. The maximum absolute atomic E-state index is 14.1. The van der Waals surface area contributed by atoms with Crippen LogP contribution in [0.4, 0.5) is 4.39 Å². The molecule has 3 rings (SSSR count). The van der Waals surface area contributed by atoms with Crippen LogP contribution in [0.15, 0.2) is 36.7 Å². The van der Waals surface area contributed by atoms with Gasteiger partial charge in [-0.05, 0) is 31.0 Å². The summed E-state index contributed by atoms with van der Waals surface area (Å²) in [7, 11) is 0. The average Bonchev–Trinajstić information content (AvgIpc) is 2.53. The number of nitrogens with one attached hydrogen (secondary N) is 1. The summed E-state index contributed by atoms with van der Waals surface area (Å²) in [6.07, 6.45) is 4.93. The zero-order valence-corrected chi connectivity index (χ0v) is 12.1. The maximum Gasteiger partial charge on any atom is 0.146 e. The third-order valence-corrected chi connectivity index (χ3v) is 3.80. The topological polar surface area (TPSA) is 34.2 Å². The number of nitrogens with zero attached hydrogens (tertiary/aromatic N) is 1. The third-order valence-electron chi connectivity index (χ3n) is 3.80. The molecule has 110 valence electrons. The summed E-state index contributed by atoms with van der Waals surface area (Å²) >= 11 is 0. The minimum absolute atomic E-state index is 0.217. The van der Waals surface area contributed by atoms with E-state index in [0.717, 1.165) is 37.3 Å². The van der Waals surface area contributed by atoms with E-state index in [9.17, 15) is 4.39 Å². The second kappa shape index (κ2) is 6.22. The number of aryl methyl sites for hydroxylation is 1. The molecule has 1 aromatic carbocycles. The first kappa shape index (κ1) is 14.0. The van der Waals surface area contributed by atoms with Gasteiger partial charge in [-0.25, -0.2) is 4.39 Å². The zero-order valence-electron chi connectivity index (χ0n) is 12.1. The van der Waals surface area contributed by atoms with Gasteiger partial charge in [-0.3, -0.25) is 4.98 Å². The second-order valence-corrected chi connectivity index (χ2v) is 5.18. The highest BCUT2D eigenvalue weighted by molar-refractivity contribution is 5.47. The summed E-state index contributed by atoms with van der Waals surface area (Å²) in [6, 6.07) is 7.63. The minimum atomic E-state index is -0.295. The van der Waals surface area contributed by atoms with Crippen LogP contribution in [-0.4, -0.2) is 18.1 Å². The van der Waals surface area contributed by atoms with Crippen molar-refractivity contribution in [3.05, 3.63) is 59.2 Å². The Hall–Kier alpha value is -1.94. The van der Waals surface area contributed by atoms with Gasteiger partial charge in [0.15, 0.2) is 0 Å². The molecule has 0 aliphatic carbocycles. The molecule has 0 spiro atoms. The van der Waals surface area contributed by atoms with E-state index in [-0.39, 0.29) is 11.9 Å². The highest BCUT2D eigenvalue weighted by Crippen LogP contribution is 2.36. The van der Waals surface area contributed by atoms with E-state index in [0.29, 0.717) is 5.56 Å². The Morgan fingerprint density at radius 3 is 3.05 bits per heavy atom. The van der Waals surface area contributed by atoms with Gasteiger partial charge < -0.3 is 10.1 Å². The van der Waals surface area contributed by atoms with Crippen molar-refractivity contribution in [1.29, 1.82) is 0 Å². The van der Waals surface area contributed by atoms with Gasteiger partial charge in [0.05, 0.1) is 18.8 Å². The molecule has 4 heteroatoms. The number of halogens is 1. The minimum Gasteiger partial charge on any atom is -0.493 e. The van der Waals surface area contributed by atoms with Crippen molar-refractivity contribution in [2.45, 2.75) is 25.8 Å². The SMILES string of the molecule is CCNC(c1ccncc1F)c1cccc2c1OCCC2. The van der Waals surface area contributed by atoms with Crippen LogP contribution in [0.3, 0.4) is 0 Å². The molecule has 1 aromatic heterocycles. The van der Waals surface area contributed by atoms with Crippen molar-refractivity contribution in [3.8, 4) is 5.75 Å². The smallest absolute Gasteiger partial charge is 0.146 e. The van der Waals surface area contributed by atoms with Crippen LogP contribution >= 0.6 is 0 Å². The molecule has 0 saturated carbocycles.